The number of ether oxygens (including phenoxy) is 1. The van der Waals surface area contributed by atoms with Crippen LogP contribution in [-0.4, -0.2) is 7.11 Å². The lowest BCUT2D eigenvalue weighted by molar-refractivity contribution is 0.405. The molecule has 1 heteroatoms. The predicted octanol–water partition coefficient (Wildman–Crippen LogP) is 4.85. The van der Waals surface area contributed by atoms with Gasteiger partial charge in [-0.3, -0.25) is 0 Å². The highest BCUT2D eigenvalue weighted by Gasteiger charge is 2.10. The number of allylic oxidation sites excluding steroid dienone is 2. The van der Waals surface area contributed by atoms with Crippen LogP contribution in [-0.2, 0) is 0 Å². The van der Waals surface area contributed by atoms with Gasteiger partial charge in [-0.2, -0.15) is 0 Å². The van der Waals surface area contributed by atoms with E-state index in [2.05, 4.69) is 52.0 Å². The summed E-state index contributed by atoms with van der Waals surface area (Å²) in [4.78, 5) is 0. The minimum atomic E-state index is 0.542. The molecular weight excluding hydrogens is 208 g/mol. The van der Waals surface area contributed by atoms with E-state index in [-0.39, 0.29) is 0 Å². The van der Waals surface area contributed by atoms with Crippen LogP contribution in [0, 0.1) is 6.92 Å². The van der Waals surface area contributed by atoms with Crippen molar-refractivity contribution < 1.29 is 4.74 Å². The summed E-state index contributed by atoms with van der Waals surface area (Å²) in [5, 5.41) is 0. The van der Waals surface area contributed by atoms with Crippen molar-refractivity contribution in [1.29, 1.82) is 0 Å². The Morgan fingerprint density at radius 1 is 1.35 bits per heavy atom. The van der Waals surface area contributed by atoms with Gasteiger partial charge >= 0.3 is 0 Å². The molecule has 0 aliphatic heterocycles. The third-order valence-electron chi connectivity index (χ3n) is 3.07. The van der Waals surface area contributed by atoms with Crippen molar-refractivity contribution in [2.24, 2.45) is 0 Å². The van der Waals surface area contributed by atoms with Gasteiger partial charge in [-0.15, -0.1) is 0 Å². The van der Waals surface area contributed by atoms with Crippen molar-refractivity contribution >= 4 is 0 Å². The summed E-state index contributed by atoms with van der Waals surface area (Å²) in [6, 6.07) is 6.42. The standard InChI is InChI=1S/C16H24O/c1-12(2)7-6-8-14(4)15-11-13(3)9-10-16(15)17-5/h7,9-11,14H,6,8H2,1-5H3. The average molecular weight is 232 g/mol. The van der Waals surface area contributed by atoms with Crippen molar-refractivity contribution in [1.82, 2.24) is 0 Å². The van der Waals surface area contributed by atoms with Crippen LogP contribution in [0.4, 0.5) is 0 Å². The van der Waals surface area contributed by atoms with Gasteiger partial charge in [0.1, 0.15) is 5.75 Å². The highest BCUT2D eigenvalue weighted by atomic mass is 16.5. The molecule has 0 spiro atoms. The summed E-state index contributed by atoms with van der Waals surface area (Å²) in [7, 11) is 1.75. The van der Waals surface area contributed by atoms with Gasteiger partial charge in [0, 0.05) is 0 Å². The minimum Gasteiger partial charge on any atom is -0.496 e. The number of rotatable bonds is 5. The van der Waals surface area contributed by atoms with Crippen molar-refractivity contribution in [3.05, 3.63) is 41.0 Å². The second kappa shape index (κ2) is 6.48. The Labute approximate surface area is 106 Å². The summed E-state index contributed by atoms with van der Waals surface area (Å²) in [5.74, 6) is 1.56. The molecule has 0 saturated carbocycles. The zero-order valence-electron chi connectivity index (χ0n) is 11.7. The zero-order chi connectivity index (χ0) is 12.8. The summed E-state index contributed by atoms with van der Waals surface area (Å²) in [6.07, 6.45) is 4.62. The molecule has 0 saturated heterocycles. The van der Waals surface area contributed by atoms with Crippen LogP contribution in [0.2, 0.25) is 0 Å². The molecule has 94 valence electrons. The molecule has 1 atom stereocenters. The van der Waals surface area contributed by atoms with Gasteiger partial charge in [-0.05, 0) is 51.2 Å². The van der Waals surface area contributed by atoms with Gasteiger partial charge in [0.05, 0.1) is 7.11 Å². The first-order valence-corrected chi connectivity index (χ1v) is 6.32. The monoisotopic (exact) mass is 232 g/mol. The van der Waals surface area contributed by atoms with E-state index in [9.17, 15) is 0 Å². The highest BCUT2D eigenvalue weighted by Crippen LogP contribution is 2.30. The van der Waals surface area contributed by atoms with E-state index < -0.39 is 0 Å². The van der Waals surface area contributed by atoms with Crippen molar-refractivity contribution in [3.8, 4) is 5.75 Å². The second-order valence-corrected chi connectivity index (χ2v) is 5.01. The molecule has 1 rings (SSSR count). The predicted molar refractivity (Wildman–Crippen MR) is 74.8 cm³/mol. The quantitative estimate of drug-likeness (QED) is 0.659. The third kappa shape index (κ3) is 4.26. The van der Waals surface area contributed by atoms with Crippen LogP contribution < -0.4 is 4.74 Å². The maximum atomic E-state index is 5.43. The van der Waals surface area contributed by atoms with Crippen LogP contribution in [0.5, 0.6) is 5.75 Å². The van der Waals surface area contributed by atoms with Crippen LogP contribution in [0.1, 0.15) is 50.7 Å². The molecule has 0 aromatic heterocycles. The zero-order valence-corrected chi connectivity index (χ0v) is 11.7. The summed E-state index contributed by atoms with van der Waals surface area (Å²) in [5.41, 5.74) is 4.03. The molecule has 0 aliphatic carbocycles. The Hall–Kier alpha value is -1.24. The lowest BCUT2D eigenvalue weighted by atomic mass is 9.93. The third-order valence-corrected chi connectivity index (χ3v) is 3.07. The number of hydrogen-bond acceptors (Lipinski definition) is 1. The maximum absolute atomic E-state index is 5.43. The van der Waals surface area contributed by atoms with E-state index >= 15 is 0 Å². The lowest BCUT2D eigenvalue weighted by Crippen LogP contribution is -1.98. The molecule has 1 nitrogen and oxygen atoms in total. The number of methoxy groups -OCH3 is 1. The topological polar surface area (TPSA) is 9.23 Å². The van der Waals surface area contributed by atoms with E-state index in [0.29, 0.717) is 5.92 Å². The Kier molecular flexibility index (Phi) is 5.27. The summed E-state index contributed by atoms with van der Waals surface area (Å²) < 4.78 is 5.43. The van der Waals surface area contributed by atoms with Crippen molar-refractivity contribution in [2.45, 2.75) is 46.5 Å². The van der Waals surface area contributed by atoms with Gasteiger partial charge in [-0.1, -0.05) is 36.3 Å². The molecule has 17 heavy (non-hydrogen) atoms. The Bertz CT molecular complexity index is 387. The Morgan fingerprint density at radius 3 is 2.65 bits per heavy atom. The largest absolute Gasteiger partial charge is 0.496 e. The van der Waals surface area contributed by atoms with Crippen molar-refractivity contribution in [2.75, 3.05) is 7.11 Å². The lowest BCUT2D eigenvalue weighted by Gasteiger charge is -2.15. The molecule has 1 aromatic rings. The summed E-state index contributed by atoms with van der Waals surface area (Å²) >= 11 is 0. The minimum absolute atomic E-state index is 0.542. The first-order chi connectivity index (χ1) is 8.04. The van der Waals surface area contributed by atoms with Crippen molar-refractivity contribution in [3.63, 3.8) is 0 Å². The SMILES string of the molecule is COc1ccc(C)cc1C(C)CCC=C(C)C. The highest BCUT2D eigenvalue weighted by molar-refractivity contribution is 5.39. The smallest absolute Gasteiger partial charge is 0.122 e. The average Bonchev–Trinajstić information content (AvgIpc) is 2.28. The van der Waals surface area contributed by atoms with Gasteiger partial charge in [0.2, 0.25) is 0 Å². The summed E-state index contributed by atoms with van der Waals surface area (Å²) in [6.45, 7) is 8.71. The van der Waals surface area contributed by atoms with Crippen LogP contribution in [0.25, 0.3) is 0 Å². The van der Waals surface area contributed by atoms with E-state index in [1.807, 2.05) is 0 Å². The Morgan fingerprint density at radius 2 is 2.06 bits per heavy atom. The van der Waals surface area contributed by atoms with E-state index in [4.69, 9.17) is 4.74 Å². The van der Waals surface area contributed by atoms with Crippen LogP contribution in [0.3, 0.4) is 0 Å². The number of benzene rings is 1. The van der Waals surface area contributed by atoms with Gasteiger partial charge in [0.25, 0.3) is 0 Å². The first kappa shape index (κ1) is 13.8. The van der Waals surface area contributed by atoms with Gasteiger partial charge < -0.3 is 4.74 Å². The molecular formula is C16H24O. The molecule has 1 aromatic carbocycles. The van der Waals surface area contributed by atoms with Gasteiger partial charge in [-0.25, -0.2) is 0 Å². The number of hydrogen-bond donors (Lipinski definition) is 0. The molecule has 0 bridgehead atoms. The molecule has 0 N–H and O–H groups in total. The molecule has 0 aliphatic rings. The Balaban J connectivity index is 2.76. The second-order valence-electron chi connectivity index (χ2n) is 5.01. The molecule has 0 fully saturated rings. The molecule has 1 unspecified atom stereocenters. The molecule has 0 heterocycles. The van der Waals surface area contributed by atoms with Gasteiger partial charge in [0.15, 0.2) is 0 Å². The fourth-order valence-electron chi connectivity index (χ4n) is 2.02. The molecule has 0 radical (unpaired) electrons. The van der Waals surface area contributed by atoms with E-state index in [0.717, 1.165) is 12.2 Å². The molecule has 0 amide bonds. The fraction of sp³-hybridized carbons (Fsp3) is 0.500. The van der Waals surface area contributed by atoms with E-state index in [1.54, 1.807) is 7.11 Å². The first-order valence-electron chi connectivity index (χ1n) is 6.32. The number of aryl methyl sites for hydroxylation is 1. The van der Waals surface area contributed by atoms with Crippen LogP contribution >= 0.6 is 0 Å². The maximum Gasteiger partial charge on any atom is 0.122 e. The normalized spacial score (nSPS) is 12.1. The fourth-order valence-corrected chi connectivity index (χ4v) is 2.02. The van der Waals surface area contributed by atoms with Crippen LogP contribution in [0.15, 0.2) is 29.8 Å². The van der Waals surface area contributed by atoms with E-state index in [1.165, 1.54) is 23.1 Å².